The minimum atomic E-state index is -4.73. The Labute approximate surface area is 124 Å². The van der Waals surface area contributed by atoms with Crippen LogP contribution in [0.1, 0.15) is 5.56 Å². The molecule has 2 nitrogen and oxygen atoms in total. The molecule has 0 atom stereocenters. The van der Waals surface area contributed by atoms with E-state index in [1.54, 1.807) is 17.2 Å². The number of allylic oxidation sites excluding steroid dienone is 1. The first-order valence-electron chi connectivity index (χ1n) is 6.53. The lowest BCUT2D eigenvalue weighted by Crippen LogP contribution is -2.18. The summed E-state index contributed by atoms with van der Waals surface area (Å²) in [6.45, 7) is 0. The van der Waals surface area contributed by atoms with Crippen molar-refractivity contribution in [2.24, 2.45) is 0 Å². The second-order valence-corrected chi connectivity index (χ2v) is 4.75. The summed E-state index contributed by atoms with van der Waals surface area (Å²) in [6, 6.07) is 10.1. The zero-order chi connectivity index (χ0) is 15.7. The van der Waals surface area contributed by atoms with Gasteiger partial charge in [0.15, 0.2) is 0 Å². The first kappa shape index (κ1) is 14.4. The highest BCUT2D eigenvalue weighted by atomic mass is 19.4. The van der Waals surface area contributed by atoms with Crippen LogP contribution in [0, 0.1) is 5.82 Å². The molecule has 0 fully saturated rings. The zero-order valence-corrected chi connectivity index (χ0v) is 11.3. The first-order valence-corrected chi connectivity index (χ1v) is 6.53. The summed E-state index contributed by atoms with van der Waals surface area (Å²) in [5, 5.41) is 0. The maximum absolute atomic E-state index is 14.1. The molecule has 6 heteroatoms. The van der Waals surface area contributed by atoms with Crippen molar-refractivity contribution in [1.29, 1.82) is 0 Å². The Morgan fingerprint density at radius 1 is 1.00 bits per heavy atom. The maximum atomic E-state index is 14.1. The van der Waals surface area contributed by atoms with E-state index >= 15 is 0 Å². The second kappa shape index (κ2) is 5.36. The van der Waals surface area contributed by atoms with Gasteiger partial charge in [-0.25, -0.2) is 4.39 Å². The number of fused-ring (bicyclic) bond motifs is 1. The van der Waals surface area contributed by atoms with Gasteiger partial charge in [-0.05, 0) is 42.3 Å². The van der Waals surface area contributed by atoms with Gasteiger partial charge in [0.05, 0.1) is 5.69 Å². The van der Waals surface area contributed by atoms with Crippen LogP contribution in [0.3, 0.4) is 0 Å². The summed E-state index contributed by atoms with van der Waals surface area (Å²) in [5.74, 6) is -0.691. The number of hydrogen-bond donors (Lipinski definition) is 0. The first-order chi connectivity index (χ1) is 10.4. The fourth-order valence-corrected chi connectivity index (χ4v) is 2.38. The van der Waals surface area contributed by atoms with Crippen molar-refractivity contribution in [2.75, 3.05) is 4.90 Å². The Morgan fingerprint density at radius 3 is 2.41 bits per heavy atom. The fourth-order valence-electron chi connectivity index (χ4n) is 2.38. The monoisotopic (exact) mass is 309 g/mol. The van der Waals surface area contributed by atoms with Crippen molar-refractivity contribution in [3.63, 3.8) is 0 Å². The van der Waals surface area contributed by atoms with Crippen LogP contribution in [-0.2, 0) is 6.42 Å². The summed E-state index contributed by atoms with van der Waals surface area (Å²) >= 11 is 0. The second-order valence-electron chi connectivity index (χ2n) is 4.75. The molecule has 0 bridgehead atoms. The van der Waals surface area contributed by atoms with E-state index in [4.69, 9.17) is 0 Å². The number of ether oxygens (including phenoxy) is 1. The van der Waals surface area contributed by atoms with Crippen molar-refractivity contribution in [1.82, 2.24) is 0 Å². The van der Waals surface area contributed by atoms with Crippen LogP contribution in [-0.4, -0.2) is 6.36 Å². The van der Waals surface area contributed by atoms with E-state index in [9.17, 15) is 17.6 Å². The molecule has 1 heterocycles. The predicted octanol–water partition coefficient (Wildman–Crippen LogP) is 4.93. The molecular formula is C16H11F4NO. The summed E-state index contributed by atoms with van der Waals surface area (Å²) in [7, 11) is 0. The molecule has 0 radical (unpaired) electrons. The van der Waals surface area contributed by atoms with E-state index in [0.717, 1.165) is 5.56 Å². The van der Waals surface area contributed by atoms with E-state index in [0.29, 0.717) is 17.8 Å². The number of rotatable bonds is 2. The van der Waals surface area contributed by atoms with Gasteiger partial charge in [-0.15, -0.1) is 13.2 Å². The van der Waals surface area contributed by atoms with Gasteiger partial charge in [0.2, 0.25) is 0 Å². The highest BCUT2D eigenvalue weighted by Crippen LogP contribution is 2.35. The number of para-hydroxylation sites is 1. The van der Waals surface area contributed by atoms with Gasteiger partial charge in [0, 0.05) is 11.9 Å². The minimum Gasteiger partial charge on any atom is -0.406 e. The van der Waals surface area contributed by atoms with Crippen LogP contribution in [0.2, 0.25) is 0 Å². The Morgan fingerprint density at radius 2 is 1.73 bits per heavy atom. The van der Waals surface area contributed by atoms with Crippen molar-refractivity contribution >= 4 is 11.4 Å². The van der Waals surface area contributed by atoms with Gasteiger partial charge in [-0.3, -0.25) is 0 Å². The molecule has 1 aliphatic heterocycles. The molecule has 0 aromatic heterocycles. The van der Waals surface area contributed by atoms with Crippen LogP contribution in [0.4, 0.5) is 28.9 Å². The molecule has 22 heavy (non-hydrogen) atoms. The molecule has 3 rings (SSSR count). The molecule has 0 unspecified atom stereocenters. The third-order valence-electron chi connectivity index (χ3n) is 3.25. The third-order valence-corrected chi connectivity index (χ3v) is 3.25. The van der Waals surface area contributed by atoms with Crippen molar-refractivity contribution in [2.45, 2.75) is 12.8 Å². The van der Waals surface area contributed by atoms with Crippen LogP contribution in [0.15, 0.2) is 54.7 Å². The molecule has 0 saturated carbocycles. The minimum absolute atomic E-state index is 0.314. The zero-order valence-electron chi connectivity index (χ0n) is 11.3. The van der Waals surface area contributed by atoms with Crippen LogP contribution < -0.4 is 9.64 Å². The SMILES string of the molecule is Fc1cccc2c1N(c1ccc(OC(F)(F)F)cc1)C=CC2. The molecule has 1 aliphatic rings. The van der Waals surface area contributed by atoms with Gasteiger partial charge in [0.25, 0.3) is 0 Å². The molecular weight excluding hydrogens is 298 g/mol. The Balaban J connectivity index is 1.92. The molecule has 114 valence electrons. The lowest BCUT2D eigenvalue weighted by Gasteiger charge is -2.27. The van der Waals surface area contributed by atoms with Crippen LogP contribution >= 0.6 is 0 Å². The smallest absolute Gasteiger partial charge is 0.406 e. The lowest BCUT2D eigenvalue weighted by molar-refractivity contribution is -0.274. The van der Waals surface area contributed by atoms with Crippen molar-refractivity contribution in [3.05, 3.63) is 66.1 Å². The van der Waals surface area contributed by atoms with Crippen LogP contribution in [0.5, 0.6) is 5.75 Å². The lowest BCUT2D eigenvalue weighted by atomic mass is 10.0. The number of halogens is 4. The number of alkyl halides is 3. The van der Waals surface area contributed by atoms with Gasteiger partial charge >= 0.3 is 6.36 Å². The Bertz CT molecular complexity index is 707. The number of benzene rings is 2. The average molecular weight is 309 g/mol. The largest absolute Gasteiger partial charge is 0.573 e. The molecule has 0 N–H and O–H groups in total. The quantitative estimate of drug-likeness (QED) is 0.729. The predicted molar refractivity (Wildman–Crippen MR) is 74.5 cm³/mol. The number of hydrogen-bond acceptors (Lipinski definition) is 2. The van der Waals surface area contributed by atoms with E-state index in [2.05, 4.69) is 4.74 Å². The van der Waals surface area contributed by atoms with Gasteiger partial charge in [-0.2, -0.15) is 0 Å². The van der Waals surface area contributed by atoms with Crippen LogP contribution in [0.25, 0.3) is 0 Å². The molecule has 0 spiro atoms. The molecule has 2 aromatic carbocycles. The topological polar surface area (TPSA) is 12.5 Å². The molecule has 0 amide bonds. The molecule has 2 aromatic rings. The van der Waals surface area contributed by atoms with E-state index in [1.807, 2.05) is 12.1 Å². The molecule has 0 aliphatic carbocycles. The van der Waals surface area contributed by atoms with Crippen molar-refractivity contribution in [3.8, 4) is 5.75 Å². The summed E-state index contributed by atoms with van der Waals surface area (Å²) in [5.41, 5.74) is 1.78. The molecule has 0 saturated heterocycles. The normalized spacial score (nSPS) is 13.9. The average Bonchev–Trinajstić information content (AvgIpc) is 2.46. The summed E-state index contributed by atoms with van der Waals surface area (Å²) in [6.07, 6.45) is -0.558. The standard InChI is InChI=1S/C16H11F4NO/c17-14-5-1-3-11-4-2-10-21(15(11)14)12-6-8-13(9-7-12)22-16(18,19)20/h1-3,5-10H,4H2. The third kappa shape index (κ3) is 2.90. The number of nitrogens with zero attached hydrogens (tertiary/aromatic N) is 1. The summed E-state index contributed by atoms with van der Waals surface area (Å²) in [4.78, 5) is 1.60. The van der Waals surface area contributed by atoms with Crippen molar-refractivity contribution < 1.29 is 22.3 Å². The highest BCUT2D eigenvalue weighted by Gasteiger charge is 2.31. The Hall–Kier alpha value is -2.50. The van der Waals surface area contributed by atoms with E-state index in [1.165, 1.54) is 30.3 Å². The summed E-state index contributed by atoms with van der Waals surface area (Å²) < 4.78 is 54.3. The number of anilines is 2. The van der Waals surface area contributed by atoms with E-state index in [-0.39, 0.29) is 11.6 Å². The fraction of sp³-hybridized carbons (Fsp3) is 0.125. The van der Waals surface area contributed by atoms with Gasteiger partial charge < -0.3 is 9.64 Å². The maximum Gasteiger partial charge on any atom is 0.573 e. The van der Waals surface area contributed by atoms with Gasteiger partial charge in [-0.1, -0.05) is 18.2 Å². The highest BCUT2D eigenvalue weighted by molar-refractivity contribution is 5.71. The Kier molecular flexibility index (Phi) is 3.52. The van der Waals surface area contributed by atoms with Gasteiger partial charge in [0.1, 0.15) is 11.6 Å². The van der Waals surface area contributed by atoms with E-state index < -0.39 is 6.36 Å².